The minimum atomic E-state index is -0.714. The maximum Gasteiger partial charge on any atom is 0.138 e. The van der Waals surface area contributed by atoms with E-state index in [1.165, 1.54) is 0 Å². The summed E-state index contributed by atoms with van der Waals surface area (Å²) in [6.45, 7) is 4.93. The molecule has 6 heteroatoms. The number of aryl methyl sites for hydroxylation is 1. The number of hydrogen-bond acceptors (Lipinski definition) is 6. The van der Waals surface area contributed by atoms with Crippen LogP contribution in [0.3, 0.4) is 0 Å². The lowest BCUT2D eigenvalue weighted by Gasteiger charge is -2.30. The summed E-state index contributed by atoms with van der Waals surface area (Å²) in [7, 11) is 0. The van der Waals surface area contributed by atoms with E-state index in [4.69, 9.17) is 10.5 Å². The zero-order valence-corrected chi connectivity index (χ0v) is 9.96. The molecule has 0 amide bonds. The van der Waals surface area contributed by atoms with Gasteiger partial charge in [0.25, 0.3) is 0 Å². The largest absolute Gasteiger partial charge is 0.387 e. The number of rotatable bonds is 3. The van der Waals surface area contributed by atoms with Gasteiger partial charge in [0, 0.05) is 31.4 Å². The molecule has 94 valence electrons. The average molecular weight is 238 g/mol. The molecule has 0 aromatic carbocycles. The second kappa shape index (κ2) is 5.39. The number of nitrogens with zero attached hydrogens (tertiary/aromatic N) is 3. The Kier molecular flexibility index (Phi) is 3.88. The third-order valence-electron chi connectivity index (χ3n) is 2.81. The molecule has 1 unspecified atom stereocenters. The van der Waals surface area contributed by atoms with E-state index in [1.807, 2.05) is 6.92 Å². The summed E-state index contributed by atoms with van der Waals surface area (Å²) in [6.07, 6.45) is 0.943. The molecule has 1 aliphatic heterocycles. The fourth-order valence-electron chi connectivity index (χ4n) is 1.86. The molecule has 0 bridgehead atoms. The monoisotopic (exact) mass is 238 g/mol. The average Bonchev–Trinajstić information content (AvgIpc) is 2.39. The molecule has 1 fully saturated rings. The zero-order chi connectivity index (χ0) is 12.3. The van der Waals surface area contributed by atoms with Crippen LogP contribution in [-0.2, 0) is 4.74 Å². The zero-order valence-electron chi connectivity index (χ0n) is 9.96. The van der Waals surface area contributed by atoms with Crippen LogP contribution in [0.4, 0.5) is 5.82 Å². The number of aliphatic hydroxyl groups is 1. The van der Waals surface area contributed by atoms with Gasteiger partial charge in [0.1, 0.15) is 11.6 Å². The van der Waals surface area contributed by atoms with Crippen molar-refractivity contribution in [1.29, 1.82) is 0 Å². The highest BCUT2D eigenvalue weighted by Crippen LogP contribution is 2.24. The lowest BCUT2D eigenvalue weighted by atomic mass is 10.1. The summed E-state index contributed by atoms with van der Waals surface area (Å²) < 4.78 is 5.31. The van der Waals surface area contributed by atoms with Crippen molar-refractivity contribution in [2.24, 2.45) is 5.73 Å². The molecule has 6 nitrogen and oxygen atoms in total. The maximum atomic E-state index is 9.87. The first-order chi connectivity index (χ1) is 8.22. The van der Waals surface area contributed by atoms with Crippen molar-refractivity contribution in [3.05, 3.63) is 17.6 Å². The van der Waals surface area contributed by atoms with Gasteiger partial charge in [-0.15, -0.1) is 0 Å². The highest BCUT2D eigenvalue weighted by atomic mass is 16.5. The fourth-order valence-corrected chi connectivity index (χ4v) is 1.86. The van der Waals surface area contributed by atoms with Crippen molar-refractivity contribution in [1.82, 2.24) is 9.97 Å². The van der Waals surface area contributed by atoms with Gasteiger partial charge in [-0.1, -0.05) is 0 Å². The van der Waals surface area contributed by atoms with E-state index in [-0.39, 0.29) is 6.54 Å². The van der Waals surface area contributed by atoms with Crippen molar-refractivity contribution < 1.29 is 9.84 Å². The lowest BCUT2D eigenvalue weighted by Crippen LogP contribution is -2.38. The SMILES string of the molecule is Cc1ncc(C(O)CN)c(N2CCOCC2)n1. The van der Waals surface area contributed by atoms with Crippen LogP contribution in [0.1, 0.15) is 17.5 Å². The van der Waals surface area contributed by atoms with E-state index < -0.39 is 6.10 Å². The number of aliphatic hydroxyl groups excluding tert-OH is 1. The Labute approximate surface area is 100 Å². The Morgan fingerprint density at radius 1 is 1.53 bits per heavy atom. The van der Waals surface area contributed by atoms with Crippen LogP contribution in [0.25, 0.3) is 0 Å². The van der Waals surface area contributed by atoms with Crippen molar-refractivity contribution in [2.75, 3.05) is 37.7 Å². The first-order valence-electron chi connectivity index (χ1n) is 5.76. The molecule has 0 aliphatic carbocycles. The number of anilines is 1. The molecule has 1 saturated heterocycles. The predicted molar refractivity (Wildman–Crippen MR) is 63.8 cm³/mol. The highest BCUT2D eigenvalue weighted by Gasteiger charge is 2.20. The Hall–Kier alpha value is -1.24. The van der Waals surface area contributed by atoms with E-state index in [0.717, 1.165) is 18.9 Å². The van der Waals surface area contributed by atoms with Crippen LogP contribution < -0.4 is 10.6 Å². The first kappa shape index (κ1) is 12.2. The van der Waals surface area contributed by atoms with E-state index in [9.17, 15) is 5.11 Å². The third kappa shape index (κ3) is 2.71. The summed E-state index contributed by atoms with van der Waals surface area (Å²) in [5.41, 5.74) is 6.19. The Bertz CT molecular complexity index is 380. The Balaban J connectivity index is 2.31. The summed E-state index contributed by atoms with van der Waals surface area (Å²) in [4.78, 5) is 10.6. The first-order valence-corrected chi connectivity index (χ1v) is 5.76. The standard InChI is InChI=1S/C11H18N4O2/c1-8-13-7-9(10(16)6-12)11(14-8)15-2-4-17-5-3-15/h7,10,16H,2-6,12H2,1H3. The fraction of sp³-hybridized carbons (Fsp3) is 0.636. The van der Waals surface area contributed by atoms with Gasteiger partial charge in [-0.3, -0.25) is 0 Å². The van der Waals surface area contributed by atoms with Crippen molar-refractivity contribution in [2.45, 2.75) is 13.0 Å². The molecular weight excluding hydrogens is 220 g/mol. The van der Waals surface area contributed by atoms with Gasteiger partial charge < -0.3 is 20.5 Å². The van der Waals surface area contributed by atoms with Crippen LogP contribution in [0.15, 0.2) is 6.20 Å². The van der Waals surface area contributed by atoms with Crippen molar-refractivity contribution >= 4 is 5.82 Å². The highest BCUT2D eigenvalue weighted by molar-refractivity contribution is 5.47. The van der Waals surface area contributed by atoms with Gasteiger partial charge in [-0.05, 0) is 6.92 Å². The van der Waals surface area contributed by atoms with E-state index in [1.54, 1.807) is 6.20 Å². The van der Waals surface area contributed by atoms with Gasteiger partial charge in [-0.25, -0.2) is 9.97 Å². The number of ether oxygens (including phenoxy) is 1. The molecule has 0 radical (unpaired) electrons. The van der Waals surface area contributed by atoms with Crippen LogP contribution in [0.5, 0.6) is 0 Å². The molecule has 1 aliphatic rings. The molecule has 2 heterocycles. The second-order valence-corrected chi connectivity index (χ2v) is 4.05. The summed E-state index contributed by atoms with van der Waals surface area (Å²) in [6, 6.07) is 0. The van der Waals surface area contributed by atoms with Crippen molar-refractivity contribution in [3.63, 3.8) is 0 Å². The molecule has 0 spiro atoms. The smallest absolute Gasteiger partial charge is 0.138 e. The summed E-state index contributed by atoms with van der Waals surface area (Å²) in [5, 5.41) is 9.87. The minimum Gasteiger partial charge on any atom is -0.387 e. The normalized spacial score (nSPS) is 18.2. The molecule has 1 aromatic rings. The van der Waals surface area contributed by atoms with Gasteiger partial charge >= 0.3 is 0 Å². The number of hydrogen-bond donors (Lipinski definition) is 2. The van der Waals surface area contributed by atoms with E-state index in [2.05, 4.69) is 14.9 Å². The third-order valence-corrected chi connectivity index (χ3v) is 2.81. The van der Waals surface area contributed by atoms with Crippen LogP contribution in [-0.4, -0.2) is 47.9 Å². The Morgan fingerprint density at radius 2 is 2.24 bits per heavy atom. The number of aromatic nitrogens is 2. The van der Waals surface area contributed by atoms with E-state index >= 15 is 0 Å². The molecular formula is C11H18N4O2. The maximum absolute atomic E-state index is 9.87. The van der Waals surface area contributed by atoms with Gasteiger partial charge in [0.2, 0.25) is 0 Å². The van der Waals surface area contributed by atoms with E-state index in [0.29, 0.717) is 24.6 Å². The number of morpholine rings is 1. The molecule has 1 aromatic heterocycles. The van der Waals surface area contributed by atoms with Gasteiger partial charge in [-0.2, -0.15) is 0 Å². The van der Waals surface area contributed by atoms with Crippen molar-refractivity contribution in [3.8, 4) is 0 Å². The molecule has 3 N–H and O–H groups in total. The quantitative estimate of drug-likeness (QED) is 0.746. The lowest BCUT2D eigenvalue weighted by molar-refractivity contribution is 0.121. The molecule has 17 heavy (non-hydrogen) atoms. The topological polar surface area (TPSA) is 84.5 Å². The molecule has 0 saturated carbocycles. The van der Waals surface area contributed by atoms with Crippen LogP contribution in [0.2, 0.25) is 0 Å². The second-order valence-electron chi connectivity index (χ2n) is 4.05. The van der Waals surface area contributed by atoms with Crippen LogP contribution >= 0.6 is 0 Å². The Morgan fingerprint density at radius 3 is 2.88 bits per heavy atom. The summed E-state index contributed by atoms with van der Waals surface area (Å²) in [5.74, 6) is 1.47. The predicted octanol–water partition coefficient (Wildman–Crippen LogP) is -0.386. The summed E-state index contributed by atoms with van der Waals surface area (Å²) >= 11 is 0. The van der Waals surface area contributed by atoms with Gasteiger partial charge in [0.15, 0.2) is 0 Å². The van der Waals surface area contributed by atoms with Gasteiger partial charge in [0.05, 0.1) is 19.3 Å². The number of nitrogens with two attached hydrogens (primary N) is 1. The molecule has 1 atom stereocenters. The van der Waals surface area contributed by atoms with Crippen LogP contribution in [0, 0.1) is 6.92 Å². The molecule has 2 rings (SSSR count). The minimum absolute atomic E-state index is 0.170.